The summed E-state index contributed by atoms with van der Waals surface area (Å²) in [5, 5.41) is 11.5. The number of nitrogens with zero attached hydrogens (tertiary/aromatic N) is 2. The van der Waals surface area contributed by atoms with Gasteiger partial charge in [0, 0.05) is 43.5 Å². The van der Waals surface area contributed by atoms with Crippen molar-refractivity contribution < 1.29 is 44.3 Å². The first-order chi connectivity index (χ1) is 13.6. The molecular formula is C23H25N2NaO3. The number of carboxylic acids is 1. The van der Waals surface area contributed by atoms with Gasteiger partial charge in [0.1, 0.15) is 0 Å². The summed E-state index contributed by atoms with van der Waals surface area (Å²) in [6.07, 6.45) is 3.39. The molecule has 1 fully saturated rings. The molecule has 2 aromatic rings. The van der Waals surface area contributed by atoms with Crippen molar-refractivity contribution in [1.29, 1.82) is 0 Å². The molecule has 5 nitrogen and oxygen atoms in total. The van der Waals surface area contributed by atoms with E-state index in [-0.39, 0.29) is 41.0 Å². The first-order valence-electron chi connectivity index (χ1n) is 9.69. The van der Waals surface area contributed by atoms with Crippen molar-refractivity contribution in [3.05, 3.63) is 71.8 Å². The van der Waals surface area contributed by atoms with Crippen molar-refractivity contribution in [3.63, 3.8) is 0 Å². The summed E-state index contributed by atoms with van der Waals surface area (Å²) in [4.78, 5) is 28.0. The van der Waals surface area contributed by atoms with Crippen LogP contribution in [-0.2, 0) is 16.0 Å². The maximum Gasteiger partial charge on any atom is 1.00 e. The fourth-order valence-corrected chi connectivity index (χ4v) is 3.44. The van der Waals surface area contributed by atoms with Gasteiger partial charge in [0.25, 0.3) is 0 Å². The number of piperazine rings is 1. The smallest absolute Gasteiger partial charge is 0.545 e. The van der Waals surface area contributed by atoms with Crippen molar-refractivity contribution in [2.45, 2.75) is 19.8 Å². The topological polar surface area (TPSA) is 63.7 Å². The summed E-state index contributed by atoms with van der Waals surface area (Å²) in [7, 11) is 0. The molecule has 3 rings (SSSR count). The normalized spacial score (nSPS) is 14.3. The predicted octanol–water partition coefficient (Wildman–Crippen LogP) is -0.875. The average Bonchev–Trinajstić information content (AvgIpc) is 2.73. The number of hydrogen-bond acceptors (Lipinski definition) is 4. The van der Waals surface area contributed by atoms with Crippen molar-refractivity contribution in [2.75, 3.05) is 31.1 Å². The summed E-state index contributed by atoms with van der Waals surface area (Å²) in [6, 6.07) is 17.2. The van der Waals surface area contributed by atoms with Crippen LogP contribution in [0.2, 0.25) is 0 Å². The van der Waals surface area contributed by atoms with Crippen LogP contribution in [0.1, 0.15) is 24.5 Å². The van der Waals surface area contributed by atoms with Crippen LogP contribution in [0.3, 0.4) is 0 Å². The van der Waals surface area contributed by atoms with E-state index in [2.05, 4.69) is 36.1 Å². The number of amides is 1. The van der Waals surface area contributed by atoms with E-state index in [1.54, 1.807) is 35.2 Å². The fourth-order valence-electron chi connectivity index (χ4n) is 3.44. The van der Waals surface area contributed by atoms with Gasteiger partial charge >= 0.3 is 29.6 Å². The van der Waals surface area contributed by atoms with Gasteiger partial charge in [0.15, 0.2) is 0 Å². The molecule has 1 heterocycles. The number of hydrogen-bond donors (Lipinski definition) is 0. The monoisotopic (exact) mass is 400 g/mol. The van der Waals surface area contributed by atoms with Crippen molar-refractivity contribution in [2.24, 2.45) is 0 Å². The van der Waals surface area contributed by atoms with Crippen LogP contribution in [0.4, 0.5) is 5.69 Å². The van der Waals surface area contributed by atoms with Crippen LogP contribution in [-0.4, -0.2) is 43.0 Å². The third-order valence-electron chi connectivity index (χ3n) is 5.00. The molecule has 1 aliphatic heterocycles. The molecule has 0 aromatic heterocycles. The Bertz CT molecular complexity index is 842. The number of aliphatic carboxylic acids is 1. The van der Waals surface area contributed by atoms with Crippen LogP contribution in [0, 0.1) is 0 Å². The first kappa shape index (κ1) is 23.2. The largest absolute Gasteiger partial charge is 1.00 e. The molecule has 6 heteroatoms. The van der Waals surface area contributed by atoms with Gasteiger partial charge in [0.05, 0.1) is 5.97 Å². The number of rotatable bonds is 6. The number of carbonyl (C=O) groups is 2. The number of anilines is 1. The van der Waals surface area contributed by atoms with Crippen molar-refractivity contribution in [3.8, 4) is 0 Å². The molecule has 0 bridgehead atoms. The molecule has 1 amide bonds. The van der Waals surface area contributed by atoms with E-state index < -0.39 is 5.97 Å². The van der Waals surface area contributed by atoms with E-state index in [1.807, 2.05) is 0 Å². The van der Waals surface area contributed by atoms with E-state index in [0.29, 0.717) is 18.7 Å². The number of carboxylic acid groups (broad SMARTS) is 1. The molecule has 0 N–H and O–H groups in total. The molecule has 0 saturated carbocycles. The molecule has 2 aromatic carbocycles. The molecule has 1 saturated heterocycles. The molecule has 0 aliphatic carbocycles. The van der Waals surface area contributed by atoms with Crippen LogP contribution in [0.25, 0.3) is 5.57 Å². The quantitative estimate of drug-likeness (QED) is 0.467. The molecule has 1 aliphatic rings. The molecule has 0 atom stereocenters. The fraction of sp³-hybridized carbons (Fsp3) is 0.304. The van der Waals surface area contributed by atoms with Gasteiger partial charge in [-0.15, -0.1) is 0 Å². The Morgan fingerprint density at radius 2 is 1.59 bits per heavy atom. The Balaban J connectivity index is 0.00000300. The third-order valence-corrected chi connectivity index (χ3v) is 5.00. The molecule has 29 heavy (non-hydrogen) atoms. The molecule has 0 radical (unpaired) electrons. The van der Waals surface area contributed by atoms with Gasteiger partial charge < -0.3 is 19.7 Å². The molecule has 0 unspecified atom stereocenters. The number of carbonyl (C=O) groups excluding carboxylic acids is 2. The van der Waals surface area contributed by atoms with Crippen molar-refractivity contribution in [1.82, 2.24) is 4.90 Å². The molecule has 0 spiro atoms. The van der Waals surface area contributed by atoms with E-state index in [0.717, 1.165) is 31.6 Å². The average molecular weight is 400 g/mol. The summed E-state index contributed by atoms with van der Waals surface area (Å²) in [5.74, 6) is -1.63. The van der Waals surface area contributed by atoms with Gasteiger partial charge in [-0.05, 0) is 29.7 Å². The zero-order chi connectivity index (χ0) is 19.9. The van der Waals surface area contributed by atoms with Gasteiger partial charge in [0.2, 0.25) is 5.91 Å². The molecule has 146 valence electrons. The van der Waals surface area contributed by atoms with Crippen LogP contribution in [0.5, 0.6) is 0 Å². The van der Waals surface area contributed by atoms with E-state index in [4.69, 9.17) is 0 Å². The number of benzene rings is 2. The maximum atomic E-state index is 12.6. The summed E-state index contributed by atoms with van der Waals surface area (Å²) >= 11 is 0. The molecular weight excluding hydrogens is 375 g/mol. The van der Waals surface area contributed by atoms with Crippen LogP contribution < -0.4 is 39.6 Å². The minimum Gasteiger partial charge on any atom is -0.545 e. The summed E-state index contributed by atoms with van der Waals surface area (Å²) in [6.45, 7) is 4.72. The van der Waals surface area contributed by atoms with Crippen LogP contribution >= 0.6 is 0 Å². The Kier molecular flexibility index (Phi) is 8.96. The zero-order valence-corrected chi connectivity index (χ0v) is 19.1. The van der Waals surface area contributed by atoms with E-state index in [1.165, 1.54) is 11.6 Å². The first-order valence-corrected chi connectivity index (χ1v) is 9.69. The third kappa shape index (κ3) is 6.20. The van der Waals surface area contributed by atoms with E-state index >= 15 is 0 Å². The Hall–Kier alpha value is -2.08. The second-order valence-electron chi connectivity index (χ2n) is 6.94. The second-order valence-corrected chi connectivity index (χ2v) is 6.94. The maximum absolute atomic E-state index is 12.6. The second kappa shape index (κ2) is 11.2. The number of aryl methyl sites for hydroxylation is 1. The Labute approximate surface area is 194 Å². The minimum absolute atomic E-state index is 0. The Morgan fingerprint density at radius 3 is 2.14 bits per heavy atom. The predicted molar refractivity (Wildman–Crippen MR) is 109 cm³/mol. The summed E-state index contributed by atoms with van der Waals surface area (Å²) in [5.41, 5.74) is 2.88. The Morgan fingerprint density at radius 1 is 0.966 bits per heavy atom. The standard InChI is InChI=1S/C23H26N2O3.Na/c1-2-6-18-9-11-20(12-10-18)24-13-15-25(16-14-24)22(26)17-21(23(27)28)19-7-4-3-5-8-19;/h3-5,7-12,17H,2,6,13-16H2,1H3,(H,27,28);/q;+1/p-1/b21-17-;. The van der Waals surface area contributed by atoms with Crippen molar-refractivity contribution >= 4 is 23.1 Å². The SMILES string of the molecule is CCCc1ccc(N2CCN(C(=O)/C=C(\C(=O)[O-])c3ccccc3)CC2)cc1.[Na+]. The van der Waals surface area contributed by atoms with Gasteiger partial charge in [-0.2, -0.15) is 0 Å². The zero-order valence-electron chi connectivity index (χ0n) is 17.1. The minimum atomic E-state index is -1.34. The van der Waals surface area contributed by atoms with Gasteiger partial charge in [-0.3, -0.25) is 4.79 Å². The van der Waals surface area contributed by atoms with E-state index in [9.17, 15) is 14.7 Å². The van der Waals surface area contributed by atoms with Gasteiger partial charge in [-0.1, -0.05) is 55.8 Å². The van der Waals surface area contributed by atoms with Gasteiger partial charge in [-0.25, -0.2) is 0 Å². The summed E-state index contributed by atoms with van der Waals surface area (Å²) < 4.78 is 0. The van der Waals surface area contributed by atoms with Crippen LogP contribution in [0.15, 0.2) is 60.7 Å².